The molecule has 21 heavy (non-hydrogen) atoms. The van der Waals surface area contributed by atoms with Crippen LogP contribution in [0.3, 0.4) is 0 Å². The average molecular weight is 286 g/mol. The molecule has 2 heterocycles. The van der Waals surface area contributed by atoms with Gasteiger partial charge >= 0.3 is 0 Å². The van der Waals surface area contributed by atoms with E-state index in [1.807, 2.05) is 0 Å². The molecule has 7 heteroatoms. The molecule has 0 aliphatic heterocycles. The molecule has 0 spiro atoms. The molecule has 0 saturated heterocycles. The number of aromatic amines is 1. The van der Waals surface area contributed by atoms with E-state index in [9.17, 15) is 14.3 Å². The van der Waals surface area contributed by atoms with E-state index < -0.39 is 11.6 Å². The molecule has 0 radical (unpaired) electrons. The maximum Gasteiger partial charge on any atom is 0.251 e. The van der Waals surface area contributed by atoms with E-state index in [2.05, 4.69) is 15.1 Å². The van der Waals surface area contributed by atoms with E-state index in [4.69, 9.17) is 0 Å². The molecule has 0 aliphatic carbocycles. The van der Waals surface area contributed by atoms with Crippen molar-refractivity contribution in [3.63, 3.8) is 0 Å². The first-order valence-electron chi connectivity index (χ1n) is 6.12. The minimum atomic E-state index is -0.776. The second kappa shape index (κ2) is 4.86. The molecule has 2 N–H and O–H groups in total. The molecule has 0 amide bonds. The Morgan fingerprint density at radius 2 is 2.10 bits per heavy atom. The number of H-pyrrole nitrogens is 1. The van der Waals surface area contributed by atoms with Gasteiger partial charge in [-0.3, -0.25) is 9.48 Å². The third-order valence-corrected chi connectivity index (χ3v) is 2.96. The number of aryl methyl sites for hydroxylation is 1. The van der Waals surface area contributed by atoms with Crippen LogP contribution in [0.4, 0.5) is 4.39 Å². The Morgan fingerprint density at radius 1 is 1.29 bits per heavy atom. The van der Waals surface area contributed by atoms with Crippen molar-refractivity contribution in [2.24, 2.45) is 7.05 Å². The van der Waals surface area contributed by atoms with Gasteiger partial charge in [-0.1, -0.05) is 0 Å². The second-order valence-electron chi connectivity index (χ2n) is 4.55. The predicted octanol–water partition coefficient (Wildman–Crippen LogP) is 1.68. The molecular weight excluding hydrogens is 275 g/mol. The van der Waals surface area contributed by atoms with Gasteiger partial charge in [-0.15, -0.1) is 0 Å². The summed E-state index contributed by atoms with van der Waals surface area (Å²) in [6.45, 7) is 0. The second-order valence-corrected chi connectivity index (χ2v) is 4.55. The van der Waals surface area contributed by atoms with Crippen LogP contribution in [0.15, 0.2) is 41.5 Å². The van der Waals surface area contributed by atoms with Gasteiger partial charge in [0.05, 0.1) is 11.9 Å². The first-order chi connectivity index (χ1) is 10.0. The van der Waals surface area contributed by atoms with Crippen molar-refractivity contribution in [1.29, 1.82) is 0 Å². The SMILES string of the molecule is Cn1cc(-c2cc(=O)[nH]c(-c3ccc(O)c(F)c3)n2)cn1. The molecule has 2 aromatic heterocycles. The predicted molar refractivity (Wildman–Crippen MR) is 74.1 cm³/mol. The van der Waals surface area contributed by atoms with Gasteiger partial charge in [0.2, 0.25) is 0 Å². The van der Waals surface area contributed by atoms with E-state index in [1.165, 1.54) is 18.2 Å². The fraction of sp³-hybridized carbons (Fsp3) is 0.0714. The van der Waals surface area contributed by atoms with Crippen LogP contribution in [0.1, 0.15) is 0 Å². The molecule has 0 atom stereocenters. The van der Waals surface area contributed by atoms with Crippen LogP contribution < -0.4 is 5.56 Å². The Balaban J connectivity index is 2.13. The van der Waals surface area contributed by atoms with Gasteiger partial charge < -0.3 is 10.1 Å². The zero-order valence-corrected chi connectivity index (χ0v) is 11.0. The van der Waals surface area contributed by atoms with Gasteiger partial charge in [-0.2, -0.15) is 5.10 Å². The number of phenolic OH excluding ortho intramolecular Hbond substituents is 1. The van der Waals surface area contributed by atoms with Crippen LogP contribution in [0.2, 0.25) is 0 Å². The van der Waals surface area contributed by atoms with Gasteiger partial charge in [0.25, 0.3) is 5.56 Å². The number of aromatic nitrogens is 4. The lowest BCUT2D eigenvalue weighted by atomic mass is 10.2. The lowest BCUT2D eigenvalue weighted by Gasteiger charge is -2.04. The first-order valence-corrected chi connectivity index (χ1v) is 6.12. The molecule has 0 fully saturated rings. The number of hydrogen-bond donors (Lipinski definition) is 2. The highest BCUT2D eigenvalue weighted by Gasteiger charge is 2.09. The molecule has 3 rings (SSSR count). The minimum absolute atomic E-state index is 0.222. The van der Waals surface area contributed by atoms with Crippen LogP contribution in [-0.4, -0.2) is 24.9 Å². The third kappa shape index (κ3) is 2.53. The van der Waals surface area contributed by atoms with E-state index in [0.717, 1.165) is 6.07 Å². The van der Waals surface area contributed by atoms with E-state index in [1.54, 1.807) is 24.1 Å². The van der Waals surface area contributed by atoms with Crippen molar-refractivity contribution >= 4 is 0 Å². The summed E-state index contributed by atoms with van der Waals surface area (Å²) in [5, 5.41) is 13.2. The first kappa shape index (κ1) is 13.0. The largest absolute Gasteiger partial charge is 0.505 e. The number of hydrogen-bond acceptors (Lipinski definition) is 4. The number of nitrogens with one attached hydrogen (secondary N) is 1. The lowest BCUT2D eigenvalue weighted by molar-refractivity contribution is 0.432. The molecular formula is C14H11FN4O2. The zero-order valence-electron chi connectivity index (χ0n) is 11.0. The Hall–Kier alpha value is -2.96. The summed E-state index contributed by atoms with van der Waals surface area (Å²) in [6, 6.07) is 5.14. The zero-order chi connectivity index (χ0) is 15.0. The Morgan fingerprint density at radius 3 is 2.76 bits per heavy atom. The highest BCUT2D eigenvalue weighted by molar-refractivity contribution is 5.62. The summed E-state index contributed by atoms with van der Waals surface area (Å²) in [5.74, 6) is -1.01. The van der Waals surface area contributed by atoms with Crippen LogP contribution in [0.25, 0.3) is 22.6 Å². The van der Waals surface area contributed by atoms with Gasteiger partial charge in [0, 0.05) is 30.4 Å². The van der Waals surface area contributed by atoms with Gasteiger partial charge in [0.15, 0.2) is 11.6 Å². The summed E-state index contributed by atoms with van der Waals surface area (Å²) < 4.78 is 15.0. The molecule has 1 aromatic carbocycles. The minimum Gasteiger partial charge on any atom is -0.505 e. The van der Waals surface area contributed by atoms with Gasteiger partial charge in [-0.05, 0) is 18.2 Å². The van der Waals surface area contributed by atoms with Crippen LogP contribution in [-0.2, 0) is 7.05 Å². The number of aromatic hydroxyl groups is 1. The average Bonchev–Trinajstić information content (AvgIpc) is 2.88. The van der Waals surface area contributed by atoms with E-state index in [0.29, 0.717) is 16.8 Å². The van der Waals surface area contributed by atoms with Crippen LogP contribution in [0.5, 0.6) is 5.75 Å². The number of rotatable bonds is 2. The molecule has 0 aliphatic rings. The number of phenols is 1. The number of benzene rings is 1. The van der Waals surface area contributed by atoms with Gasteiger partial charge in [0.1, 0.15) is 5.82 Å². The number of nitrogens with zero attached hydrogens (tertiary/aromatic N) is 3. The molecule has 0 unspecified atom stereocenters. The number of halogens is 1. The molecule has 106 valence electrons. The maximum atomic E-state index is 13.4. The van der Waals surface area contributed by atoms with Crippen molar-refractivity contribution in [2.75, 3.05) is 0 Å². The summed E-state index contributed by atoms with van der Waals surface area (Å²) >= 11 is 0. The summed E-state index contributed by atoms with van der Waals surface area (Å²) in [6.07, 6.45) is 3.31. The standard InChI is InChI=1S/C14H11FN4O2/c1-19-7-9(6-16-19)11-5-13(21)18-14(17-11)8-2-3-12(20)10(15)4-8/h2-7,20H,1H3,(H,17,18,21). The molecule has 0 bridgehead atoms. The monoisotopic (exact) mass is 286 g/mol. The van der Waals surface area contributed by atoms with Crippen LogP contribution in [0, 0.1) is 5.82 Å². The summed E-state index contributed by atoms with van der Waals surface area (Å²) in [4.78, 5) is 18.6. The van der Waals surface area contributed by atoms with Gasteiger partial charge in [-0.25, -0.2) is 9.37 Å². The fourth-order valence-electron chi connectivity index (χ4n) is 1.95. The third-order valence-electron chi connectivity index (χ3n) is 2.96. The van der Waals surface area contributed by atoms with Crippen molar-refractivity contribution in [3.05, 3.63) is 52.8 Å². The molecule has 6 nitrogen and oxygen atoms in total. The Labute approximate surface area is 118 Å². The van der Waals surface area contributed by atoms with E-state index in [-0.39, 0.29) is 11.4 Å². The van der Waals surface area contributed by atoms with Crippen molar-refractivity contribution < 1.29 is 9.50 Å². The van der Waals surface area contributed by atoms with Crippen molar-refractivity contribution in [2.45, 2.75) is 0 Å². The van der Waals surface area contributed by atoms with Crippen molar-refractivity contribution in [1.82, 2.24) is 19.7 Å². The van der Waals surface area contributed by atoms with E-state index >= 15 is 0 Å². The fourth-order valence-corrected chi connectivity index (χ4v) is 1.95. The maximum absolute atomic E-state index is 13.4. The molecule has 0 saturated carbocycles. The highest BCUT2D eigenvalue weighted by atomic mass is 19.1. The normalized spacial score (nSPS) is 10.8. The smallest absolute Gasteiger partial charge is 0.251 e. The molecule has 3 aromatic rings. The summed E-state index contributed by atoms with van der Waals surface area (Å²) in [5.41, 5.74) is 1.14. The Kier molecular flexibility index (Phi) is 3.02. The van der Waals surface area contributed by atoms with Crippen molar-refractivity contribution in [3.8, 4) is 28.4 Å². The summed E-state index contributed by atoms with van der Waals surface area (Å²) in [7, 11) is 1.76. The quantitative estimate of drug-likeness (QED) is 0.750. The lowest BCUT2D eigenvalue weighted by Crippen LogP contribution is -2.08. The van der Waals surface area contributed by atoms with Crippen LogP contribution >= 0.6 is 0 Å². The topological polar surface area (TPSA) is 83.8 Å². The Bertz CT molecular complexity index is 869. The highest BCUT2D eigenvalue weighted by Crippen LogP contribution is 2.23.